The molecule has 0 atom stereocenters. The van der Waals surface area contributed by atoms with Crippen molar-refractivity contribution in [1.29, 1.82) is 0 Å². The van der Waals surface area contributed by atoms with Crippen molar-refractivity contribution < 1.29 is 19.1 Å². The molecule has 36 heavy (non-hydrogen) atoms. The summed E-state index contributed by atoms with van der Waals surface area (Å²) in [7, 11) is 0. The topological polar surface area (TPSA) is 65.0 Å². The highest BCUT2D eigenvalue weighted by Gasteiger charge is 2.24. The zero-order valence-electron chi connectivity index (χ0n) is 18.7. The van der Waals surface area contributed by atoms with Gasteiger partial charge in [0.2, 0.25) is 5.90 Å². The summed E-state index contributed by atoms with van der Waals surface area (Å²) >= 11 is 4.23. The lowest BCUT2D eigenvalue weighted by atomic mass is 10.0. The number of carbonyl (C=O) groups is 2. The quantitative estimate of drug-likeness (QED) is 0.0965. The Morgan fingerprint density at radius 2 is 1.33 bits per heavy atom. The first-order valence-corrected chi connectivity index (χ1v) is 13.1. The van der Waals surface area contributed by atoms with Gasteiger partial charge in [-0.15, -0.1) is 0 Å². The summed E-state index contributed by atoms with van der Waals surface area (Å²) in [6.07, 6.45) is 1.67. The maximum atomic E-state index is 12.5. The first kappa shape index (κ1) is 24.4. The van der Waals surface area contributed by atoms with E-state index in [1.54, 1.807) is 30.3 Å². The van der Waals surface area contributed by atoms with E-state index in [4.69, 9.17) is 9.47 Å². The number of rotatable bonds is 5. The van der Waals surface area contributed by atoms with E-state index >= 15 is 0 Å². The molecule has 5 nitrogen and oxygen atoms in total. The molecule has 0 saturated heterocycles. The van der Waals surface area contributed by atoms with E-state index in [0.29, 0.717) is 11.3 Å². The molecule has 0 aliphatic carbocycles. The number of cyclic esters (lactones) is 1. The molecule has 5 rings (SSSR count). The van der Waals surface area contributed by atoms with Crippen LogP contribution in [0.3, 0.4) is 0 Å². The molecular weight excluding hydrogens is 680 g/mol. The first-order chi connectivity index (χ1) is 17.5. The van der Waals surface area contributed by atoms with Crippen LogP contribution in [0.2, 0.25) is 0 Å². The molecule has 0 bridgehead atoms. The normalized spacial score (nSPS) is 13.9. The molecule has 0 fully saturated rings. The second-order valence-electron chi connectivity index (χ2n) is 7.85. The second-order valence-corrected chi connectivity index (χ2v) is 10.2. The Labute approximate surface area is 235 Å². The molecule has 1 aliphatic rings. The molecule has 0 unspecified atom stereocenters. The maximum Gasteiger partial charge on any atom is 0.363 e. The van der Waals surface area contributed by atoms with Crippen molar-refractivity contribution in [2.45, 2.75) is 0 Å². The summed E-state index contributed by atoms with van der Waals surface area (Å²) in [5.41, 5.74) is 4.33. The second kappa shape index (κ2) is 10.8. The van der Waals surface area contributed by atoms with Crippen molar-refractivity contribution in [2.75, 3.05) is 0 Å². The highest BCUT2D eigenvalue weighted by atomic mass is 127. The molecule has 0 aromatic heterocycles. The molecule has 1 heterocycles. The molecule has 0 spiro atoms. The zero-order chi connectivity index (χ0) is 25.1. The van der Waals surface area contributed by atoms with Crippen LogP contribution in [0.25, 0.3) is 17.2 Å². The van der Waals surface area contributed by atoms with Crippen LogP contribution < -0.4 is 4.74 Å². The lowest BCUT2D eigenvalue weighted by molar-refractivity contribution is -0.129. The fourth-order valence-electron chi connectivity index (χ4n) is 3.61. The summed E-state index contributed by atoms with van der Waals surface area (Å²) in [4.78, 5) is 29.4. The lowest BCUT2D eigenvalue weighted by Crippen LogP contribution is -2.10. The van der Waals surface area contributed by atoms with E-state index in [0.717, 1.165) is 29.4 Å². The number of esters is 2. The SMILES string of the molecule is O=C1OC(c2ccc(-c3ccccc3)cc2)=N/C1=C\c1cc(I)c(OC(=O)c2ccccc2)c(I)c1. The highest BCUT2D eigenvalue weighted by Crippen LogP contribution is 2.31. The smallest absolute Gasteiger partial charge is 0.363 e. The highest BCUT2D eigenvalue weighted by molar-refractivity contribution is 14.1. The van der Waals surface area contributed by atoms with E-state index in [1.165, 1.54) is 0 Å². The fourth-order valence-corrected chi connectivity index (χ4v) is 5.65. The summed E-state index contributed by atoms with van der Waals surface area (Å²) in [6.45, 7) is 0. The molecule has 0 amide bonds. The third kappa shape index (κ3) is 5.41. The minimum absolute atomic E-state index is 0.206. The Balaban J connectivity index is 1.36. The van der Waals surface area contributed by atoms with Crippen molar-refractivity contribution in [1.82, 2.24) is 0 Å². The van der Waals surface area contributed by atoms with E-state index < -0.39 is 11.9 Å². The average molecular weight is 697 g/mol. The number of benzene rings is 4. The van der Waals surface area contributed by atoms with Crippen LogP contribution in [-0.2, 0) is 9.53 Å². The molecule has 0 N–H and O–H groups in total. The number of nitrogens with zero attached hydrogens (tertiary/aromatic N) is 1. The summed E-state index contributed by atoms with van der Waals surface area (Å²) in [5.74, 6) is -0.196. The molecule has 4 aromatic carbocycles. The van der Waals surface area contributed by atoms with Gasteiger partial charge >= 0.3 is 11.9 Å². The monoisotopic (exact) mass is 697 g/mol. The molecule has 4 aromatic rings. The Hall–Kier alpha value is -3.31. The van der Waals surface area contributed by atoms with Crippen molar-refractivity contribution in [3.05, 3.63) is 127 Å². The van der Waals surface area contributed by atoms with Gasteiger partial charge in [-0.2, -0.15) is 0 Å². The van der Waals surface area contributed by atoms with Gasteiger partial charge in [-0.3, -0.25) is 0 Å². The van der Waals surface area contributed by atoms with Gasteiger partial charge in [0.05, 0.1) is 12.7 Å². The van der Waals surface area contributed by atoms with Crippen LogP contribution in [0.5, 0.6) is 5.75 Å². The molecule has 176 valence electrons. The largest absolute Gasteiger partial charge is 0.421 e. The molecule has 7 heteroatoms. The van der Waals surface area contributed by atoms with Gasteiger partial charge in [0.1, 0.15) is 0 Å². The number of carbonyl (C=O) groups excluding carboxylic acids is 2. The van der Waals surface area contributed by atoms with E-state index in [2.05, 4.69) is 50.2 Å². The van der Waals surface area contributed by atoms with Crippen molar-refractivity contribution >= 4 is 69.1 Å². The Morgan fingerprint density at radius 1 is 0.778 bits per heavy atom. The number of hydrogen-bond acceptors (Lipinski definition) is 5. The van der Waals surface area contributed by atoms with E-state index in [9.17, 15) is 9.59 Å². The molecule has 0 saturated carbocycles. The number of ether oxygens (including phenoxy) is 2. The average Bonchev–Trinajstić information content (AvgIpc) is 3.27. The Kier molecular flexibility index (Phi) is 7.28. The van der Waals surface area contributed by atoms with Crippen LogP contribution in [-0.4, -0.2) is 17.8 Å². The summed E-state index contributed by atoms with van der Waals surface area (Å²) < 4.78 is 12.5. The van der Waals surface area contributed by atoms with Crippen LogP contribution >= 0.6 is 45.2 Å². The summed E-state index contributed by atoms with van der Waals surface area (Å²) in [5, 5.41) is 0. The van der Waals surface area contributed by atoms with Gasteiger partial charge in [-0.1, -0.05) is 60.7 Å². The van der Waals surface area contributed by atoms with Gasteiger partial charge in [0.25, 0.3) is 0 Å². The predicted molar refractivity (Wildman–Crippen MR) is 156 cm³/mol. The molecular formula is C29H17I2NO4. The van der Waals surface area contributed by atoms with Gasteiger partial charge in [-0.25, -0.2) is 14.6 Å². The number of hydrogen-bond donors (Lipinski definition) is 0. The fraction of sp³-hybridized carbons (Fsp3) is 0. The first-order valence-electron chi connectivity index (χ1n) is 10.9. The minimum atomic E-state index is -0.512. The van der Waals surface area contributed by atoms with Gasteiger partial charge in [-0.05, 0) is 104 Å². The summed E-state index contributed by atoms with van der Waals surface area (Å²) in [6, 6.07) is 30.3. The van der Waals surface area contributed by atoms with Crippen molar-refractivity contribution in [3.8, 4) is 16.9 Å². The lowest BCUT2D eigenvalue weighted by Gasteiger charge is -2.10. The van der Waals surface area contributed by atoms with E-state index in [-0.39, 0.29) is 11.6 Å². The zero-order valence-corrected chi connectivity index (χ0v) is 23.0. The van der Waals surface area contributed by atoms with Crippen LogP contribution in [0, 0.1) is 7.14 Å². The predicted octanol–water partition coefficient (Wildman–Crippen LogP) is 7.13. The van der Waals surface area contributed by atoms with Gasteiger partial charge in [0, 0.05) is 5.56 Å². The molecule has 0 radical (unpaired) electrons. The number of halogens is 2. The van der Waals surface area contributed by atoms with Crippen LogP contribution in [0.1, 0.15) is 21.5 Å². The third-order valence-electron chi connectivity index (χ3n) is 5.39. The third-order valence-corrected chi connectivity index (χ3v) is 6.99. The van der Waals surface area contributed by atoms with Crippen LogP contribution in [0.4, 0.5) is 0 Å². The minimum Gasteiger partial charge on any atom is -0.421 e. The maximum absolute atomic E-state index is 12.5. The van der Waals surface area contributed by atoms with Gasteiger partial charge < -0.3 is 9.47 Å². The number of aliphatic imine (C=N–C) groups is 1. The Morgan fingerprint density at radius 3 is 1.97 bits per heavy atom. The van der Waals surface area contributed by atoms with Crippen molar-refractivity contribution in [2.24, 2.45) is 4.99 Å². The van der Waals surface area contributed by atoms with Crippen LogP contribution in [0.15, 0.2) is 108 Å². The molecule has 1 aliphatic heterocycles. The van der Waals surface area contributed by atoms with E-state index in [1.807, 2.05) is 72.8 Å². The van der Waals surface area contributed by atoms with Crippen molar-refractivity contribution in [3.63, 3.8) is 0 Å². The Bertz CT molecular complexity index is 1490. The van der Waals surface area contributed by atoms with Gasteiger partial charge in [0.15, 0.2) is 11.4 Å². The standard InChI is InChI=1S/C29H17I2NO4/c30-23-15-18(16-24(31)26(23)35-28(33)22-9-5-2-6-10-22)17-25-29(34)36-27(32-25)21-13-11-20(12-14-21)19-7-3-1-4-8-19/h1-17H/b25-17-.